The van der Waals surface area contributed by atoms with Gasteiger partial charge in [0.05, 0.1) is 30.2 Å². The highest BCUT2D eigenvalue weighted by Crippen LogP contribution is 2.29. The van der Waals surface area contributed by atoms with Crippen molar-refractivity contribution < 1.29 is 31.1 Å². The van der Waals surface area contributed by atoms with Gasteiger partial charge in [0.2, 0.25) is 15.9 Å². The molecule has 13 heteroatoms. The monoisotopic (exact) mass is 497 g/mol. The summed E-state index contributed by atoms with van der Waals surface area (Å²) in [6.45, 7) is 1.26. The molecule has 0 radical (unpaired) electrons. The molecule has 1 saturated heterocycles. The number of aryl methyl sites for hydroxylation is 1. The molecule has 0 aliphatic carbocycles. The fourth-order valence-corrected chi connectivity index (χ4v) is 4.92. The van der Waals surface area contributed by atoms with Crippen molar-refractivity contribution in [1.82, 2.24) is 24.2 Å². The first-order chi connectivity index (χ1) is 16.1. The second kappa shape index (κ2) is 9.68. The summed E-state index contributed by atoms with van der Waals surface area (Å²) < 4.78 is 71.9. The SMILES string of the molecule is O=C(CCc1ccc(S(=O)(=O)N2CCOCC2)cc1)NCc1nnc2ccc(C(F)(F)F)cn12. The predicted molar refractivity (Wildman–Crippen MR) is 114 cm³/mol. The van der Waals surface area contributed by atoms with Crippen LogP contribution in [0.5, 0.6) is 0 Å². The van der Waals surface area contributed by atoms with E-state index in [9.17, 15) is 26.4 Å². The fourth-order valence-electron chi connectivity index (χ4n) is 3.51. The van der Waals surface area contributed by atoms with Gasteiger partial charge in [0, 0.05) is 25.7 Å². The standard InChI is InChI=1S/C21H22F3N5O4S/c22-21(23,24)16-4-7-18-26-27-19(29(18)14-16)13-25-20(30)8-3-15-1-5-17(6-2-15)34(31,32)28-9-11-33-12-10-28/h1-2,4-7,14H,3,8-13H2,(H,25,30). The maximum absolute atomic E-state index is 12.9. The molecule has 3 heterocycles. The lowest BCUT2D eigenvalue weighted by molar-refractivity contribution is -0.137. The maximum Gasteiger partial charge on any atom is 0.417 e. The van der Waals surface area contributed by atoms with Crippen LogP contribution >= 0.6 is 0 Å². The van der Waals surface area contributed by atoms with E-state index < -0.39 is 21.8 Å². The molecule has 4 rings (SSSR count). The van der Waals surface area contributed by atoms with E-state index in [0.29, 0.717) is 32.7 Å². The number of benzene rings is 1. The highest BCUT2D eigenvalue weighted by atomic mass is 32.2. The number of carbonyl (C=O) groups is 1. The van der Waals surface area contributed by atoms with Crippen molar-refractivity contribution in [3.63, 3.8) is 0 Å². The highest BCUT2D eigenvalue weighted by Gasteiger charge is 2.31. The van der Waals surface area contributed by atoms with Crippen molar-refractivity contribution >= 4 is 21.6 Å². The van der Waals surface area contributed by atoms with Crippen molar-refractivity contribution in [3.8, 4) is 0 Å². The number of nitrogens with zero attached hydrogens (tertiary/aromatic N) is 4. The molecule has 9 nitrogen and oxygen atoms in total. The minimum Gasteiger partial charge on any atom is -0.379 e. The normalized spacial score (nSPS) is 15.5. The van der Waals surface area contributed by atoms with Crippen LogP contribution in [0.25, 0.3) is 5.65 Å². The van der Waals surface area contributed by atoms with Crippen LogP contribution in [-0.2, 0) is 38.7 Å². The van der Waals surface area contributed by atoms with Gasteiger partial charge in [-0.2, -0.15) is 17.5 Å². The Morgan fingerprint density at radius 2 is 1.76 bits per heavy atom. The van der Waals surface area contributed by atoms with Gasteiger partial charge in [-0.15, -0.1) is 10.2 Å². The largest absolute Gasteiger partial charge is 0.417 e. The van der Waals surface area contributed by atoms with Gasteiger partial charge in [0.15, 0.2) is 11.5 Å². The van der Waals surface area contributed by atoms with Crippen LogP contribution < -0.4 is 5.32 Å². The van der Waals surface area contributed by atoms with E-state index in [-0.39, 0.29) is 35.2 Å². The molecule has 1 aliphatic heterocycles. The Hall–Kier alpha value is -3.03. The zero-order valence-electron chi connectivity index (χ0n) is 18.0. The van der Waals surface area contributed by atoms with Gasteiger partial charge in [-0.05, 0) is 36.2 Å². The topological polar surface area (TPSA) is 106 Å². The molecule has 0 bridgehead atoms. The van der Waals surface area contributed by atoms with Crippen molar-refractivity contribution in [2.75, 3.05) is 26.3 Å². The van der Waals surface area contributed by atoms with Crippen molar-refractivity contribution in [2.45, 2.75) is 30.5 Å². The van der Waals surface area contributed by atoms with E-state index in [1.807, 2.05) is 0 Å². The molecule has 1 N–H and O–H groups in total. The van der Waals surface area contributed by atoms with Gasteiger partial charge >= 0.3 is 6.18 Å². The Morgan fingerprint density at radius 3 is 2.44 bits per heavy atom. The van der Waals surface area contributed by atoms with Crippen LogP contribution in [0.1, 0.15) is 23.4 Å². The highest BCUT2D eigenvalue weighted by molar-refractivity contribution is 7.89. The molecular formula is C21H22F3N5O4S. The third-order valence-electron chi connectivity index (χ3n) is 5.42. The van der Waals surface area contributed by atoms with E-state index in [1.165, 1.54) is 26.9 Å². The number of morpholine rings is 1. The Kier molecular flexibility index (Phi) is 6.86. The number of aromatic nitrogens is 3. The third kappa shape index (κ3) is 5.37. The van der Waals surface area contributed by atoms with Crippen molar-refractivity contribution in [3.05, 3.63) is 59.5 Å². The molecule has 0 atom stereocenters. The molecule has 34 heavy (non-hydrogen) atoms. The first-order valence-corrected chi connectivity index (χ1v) is 11.9. The van der Waals surface area contributed by atoms with Gasteiger partial charge in [0.1, 0.15) is 0 Å². The Bertz CT molecular complexity index is 1270. The first-order valence-electron chi connectivity index (χ1n) is 10.5. The summed E-state index contributed by atoms with van der Waals surface area (Å²) in [6.07, 6.45) is -3.14. The summed E-state index contributed by atoms with van der Waals surface area (Å²) in [6, 6.07) is 8.47. The maximum atomic E-state index is 12.9. The van der Waals surface area contributed by atoms with Crippen LogP contribution in [-0.4, -0.2) is 59.5 Å². The van der Waals surface area contributed by atoms with Crippen molar-refractivity contribution in [2.24, 2.45) is 0 Å². The molecule has 3 aromatic rings. The number of alkyl halides is 3. The average Bonchev–Trinajstić information content (AvgIpc) is 3.24. The van der Waals surface area contributed by atoms with Crippen LogP contribution in [0.4, 0.5) is 13.2 Å². The Balaban J connectivity index is 1.32. The van der Waals surface area contributed by atoms with Crippen LogP contribution in [0.2, 0.25) is 0 Å². The summed E-state index contributed by atoms with van der Waals surface area (Å²) in [5, 5.41) is 10.3. The summed E-state index contributed by atoms with van der Waals surface area (Å²) in [5.74, 6) is -0.152. The smallest absolute Gasteiger partial charge is 0.379 e. The summed E-state index contributed by atoms with van der Waals surface area (Å²) >= 11 is 0. The minimum absolute atomic E-state index is 0.0853. The first kappa shape index (κ1) is 24.1. The van der Waals surface area contributed by atoms with Crippen molar-refractivity contribution in [1.29, 1.82) is 0 Å². The quantitative estimate of drug-likeness (QED) is 0.536. The zero-order valence-corrected chi connectivity index (χ0v) is 18.8. The van der Waals surface area contributed by atoms with E-state index in [4.69, 9.17) is 4.74 Å². The number of halogens is 3. The molecule has 1 fully saturated rings. The molecule has 1 amide bonds. The van der Waals surface area contributed by atoms with Crippen LogP contribution in [0.15, 0.2) is 47.5 Å². The number of nitrogens with one attached hydrogen (secondary N) is 1. The van der Waals surface area contributed by atoms with Gasteiger partial charge in [-0.3, -0.25) is 9.20 Å². The molecule has 1 aromatic carbocycles. The van der Waals surface area contributed by atoms with Gasteiger partial charge in [0.25, 0.3) is 0 Å². The molecule has 0 unspecified atom stereocenters. The lowest BCUT2D eigenvalue weighted by atomic mass is 10.1. The number of amides is 1. The Morgan fingerprint density at radius 1 is 1.06 bits per heavy atom. The molecule has 1 aliphatic rings. The number of fused-ring (bicyclic) bond motifs is 1. The number of rotatable bonds is 7. The molecule has 2 aromatic heterocycles. The number of pyridine rings is 1. The van der Waals surface area contributed by atoms with Crippen LogP contribution in [0, 0.1) is 0 Å². The second-order valence-corrected chi connectivity index (χ2v) is 9.64. The number of hydrogen-bond acceptors (Lipinski definition) is 6. The van der Waals surface area contributed by atoms with E-state index in [1.54, 1.807) is 12.1 Å². The molecular weight excluding hydrogens is 475 g/mol. The summed E-state index contributed by atoms with van der Waals surface area (Å²) in [7, 11) is -3.59. The Labute approximate surface area is 193 Å². The van der Waals surface area contributed by atoms with E-state index >= 15 is 0 Å². The minimum atomic E-state index is -4.50. The van der Waals surface area contributed by atoms with Crippen LogP contribution in [0.3, 0.4) is 0 Å². The van der Waals surface area contributed by atoms with E-state index in [2.05, 4.69) is 15.5 Å². The van der Waals surface area contributed by atoms with Gasteiger partial charge < -0.3 is 10.1 Å². The predicted octanol–water partition coefficient (Wildman–Crippen LogP) is 2.02. The summed E-state index contributed by atoms with van der Waals surface area (Å²) in [5.41, 5.74) is 0.176. The number of carbonyl (C=O) groups excluding carboxylic acids is 1. The number of ether oxygens (including phenoxy) is 1. The lowest BCUT2D eigenvalue weighted by Gasteiger charge is -2.26. The number of sulfonamides is 1. The third-order valence-corrected chi connectivity index (χ3v) is 7.33. The van der Waals surface area contributed by atoms with Gasteiger partial charge in [-0.25, -0.2) is 8.42 Å². The zero-order chi connectivity index (χ0) is 24.3. The molecule has 0 saturated carbocycles. The molecule has 182 valence electrons. The average molecular weight is 497 g/mol. The summed E-state index contributed by atoms with van der Waals surface area (Å²) in [4.78, 5) is 12.4. The fraction of sp³-hybridized carbons (Fsp3) is 0.381. The number of hydrogen-bond donors (Lipinski definition) is 1. The van der Waals surface area contributed by atoms with Gasteiger partial charge in [-0.1, -0.05) is 12.1 Å². The second-order valence-electron chi connectivity index (χ2n) is 7.70. The van der Waals surface area contributed by atoms with E-state index in [0.717, 1.165) is 17.8 Å². The molecule has 0 spiro atoms. The lowest BCUT2D eigenvalue weighted by Crippen LogP contribution is -2.40.